The molecule has 0 fully saturated rings. The molecular weight excluding hydrogens is 334 g/mol. The summed E-state index contributed by atoms with van der Waals surface area (Å²) < 4.78 is 49.0. The SMILES string of the molecule is CC(CNS(=O)(=O)c1ccc(S(=O)(=O)Cl)cc1)C(C)(C)C. The zero-order valence-electron chi connectivity index (χ0n) is 12.4. The normalized spacial score (nSPS) is 14.9. The molecule has 0 radical (unpaired) electrons. The number of benzene rings is 1. The van der Waals surface area contributed by atoms with Crippen LogP contribution >= 0.6 is 10.7 Å². The second kappa shape index (κ2) is 6.24. The van der Waals surface area contributed by atoms with E-state index in [-0.39, 0.29) is 21.1 Å². The van der Waals surface area contributed by atoms with Crippen molar-refractivity contribution in [2.75, 3.05) is 6.54 Å². The molecule has 0 spiro atoms. The molecule has 21 heavy (non-hydrogen) atoms. The first-order valence-electron chi connectivity index (χ1n) is 6.38. The Morgan fingerprint density at radius 1 is 1.05 bits per heavy atom. The van der Waals surface area contributed by atoms with Gasteiger partial charge in [0, 0.05) is 17.2 Å². The maximum atomic E-state index is 12.1. The Hall–Kier alpha value is -0.630. The van der Waals surface area contributed by atoms with Gasteiger partial charge in [-0.25, -0.2) is 21.6 Å². The topological polar surface area (TPSA) is 80.3 Å². The molecule has 0 aromatic heterocycles. The van der Waals surface area contributed by atoms with Crippen molar-refractivity contribution in [2.24, 2.45) is 11.3 Å². The van der Waals surface area contributed by atoms with Gasteiger partial charge < -0.3 is 0 Å². The molecule has 0 heterocycles. The molecule has 0 bridgehead atoms. The zero-order valence-corrected chi connectivity index (χ0v) is 14.8. The van der Waals surface area contributed by atoms with Crippen molar-refractivity contribution in [3.8, 4) is 0 Å². The highest BCUT2D eigenvalue weighted by Gasteiger charge is 2.23. The molecule has 1 aromatic rings. The van der Waals surface area contributed by atoms with Crippen molar-refractivity contribution >= 4 is 29.8 Å². The average molecular weight is 354 g/mol. The molecule has 0 aliphatic carbocycles. The van der Waals surface area contributed by atoms with Crippen LogP contribution in [0.2, 0.25) is 0 Å². The van der Waals surface area contributed by atoms with Crippen LogP contribution in [0.25, 0.3) is 0 Å². The third-order valence-electron chi connectivity index (χ3n) is 3.47. The fraction of sp³-hybridized carbons (Fsp3) is 0.538. The van der Waals surface area contributed by atoms with E-state index in [1.54, 1.807) is 0 Å². The first-order valence-corrected chi connectivity index (χ1v) is 10.2. The van der Waals surface area contributed by atoms with E-state index in [0.717, 1.165) is 0 Å². The largest absolute Gasteiger partial charge is 0.261 e. The highest BCUT2D eigenvalue weighted by atomic mass is 35.7. The maximum absolute atomic E-state index is 12.1. The van der Waals surface area contributed by atoms with Gasteiger partial charge in [0.25, 0.3) is 9.05 Å². The summed E-state index contributed by atoms with van der Waals surface area (Å²) in [6.45, 7) is 8.37. The van der Waals surface area contributed by atoms with E-state index < -0.39 is 19.1 Å². The molecule has 8 heteroatoms. The molecule has 1 rings (SSSR count). The molecule has 1 aromatic carbocycles. The first-order chi connectivity index (χ1) is 9.34. The number of nitrogens with one attached hydrogen (secondary N) is 1. The van der Waals surface area contributed by atoms with E-state index in [4.69, 9.17) is 10.7 Å². The third kappa shape index (κ3) is 5.25. The summed E-state index contributed by atoms with van der Waals surface area (Å²) >= 11 is 0. The Bertz CT molecular complexity index is 689. The van der Waals surface area contributed by atoms with Gasteiger partial charge in [0.1, 0.15) is 0 Å². The average Bonchev–Trinajstić information content (AvgIpc) is 2.34. The number of hydrogen-bond acceptors (Lipinski definition) is 4. The van der Waals surface area contributed by atoms with Crippen molar-refractivity contribution in [2.45, 2.75) is 37.5 Å². The van der Waals surface area contributed by atoms with Gasteiger partial charge in [0.05, 0.1) is 9.79 Å². The Balaban J connectivity index is 2.89. The van der Waals surface area contributed by atoms with Crippen molar-refractivity contribution in [3.05, 3.63) is 24.3 Å². The Labute approximate surface area is 131 Å². The van der Waals surface area contributed by atoms with Crippen LogP contribution in [0.1, 0.15) is 27.7 Å². The quantitative estimate of drug-likeness (QED) is 0.825. The first kappa shape index (κ1) is 18.4. The van der Waals surface area contributed by atoms with Crippen LogP contribution in [0.4, 0.5) is 0 Å². The highest BCUT2D eigenvalue weighted by Crippen LogP contribution is 2.25. The molecule has 0 aliphatic rings. The zero-order chi connectivity index (χ0) is 16.5. The Kier molecular flexibility index (Phi) is 5.47. The van der Waals surface area contributed by atoms with Crippen LogP contribution in [0.15, 0.2) is 34.1 Å². The lowest BCUT2D eigenvalue weighted by atomic mass is 9.82. The molecule has 0 amide bonds. The van der Waals surface area contributed by atoms with Crippen molar-refractivity contribution in [3.63, 3.8) is 0 Å². The fourth-order valence-electron chi connectivity index (χ4n) is 1.41. The lowest BCUT2D eigenvalue weighted by Crippen LogP contribution is -2.33. The molecule has 120 valence electrons. The fourth-order valence-corrected chi connectivity index (χ4v) is 3.31. The number of hydrogen-bond donors (Lipinski definition) is 1. The van der Waals surface area contributed by atoms with Crippen LogP contribution < -0.4 is 4.72 Å². The predicted molar refractivity (Wildman–Crippen MR) is 83.3 cm³/mol. The summed E-state index contributed by atoms with van der Waals surface area (Å²) in [6, 6.07) is 4.78. The van der Waals surface area contributed by atoms with Gasteiger partial charge in [-0.2, -0.15) is 0 Å². The molecule has 1 unspecified atom stereocenters. The van der Waals surface area contributed by atoms with Gasteiger partial charge in [-0.05, 0) is 35.6 Å². The van der Waals surface area contributed by atoms with E-state index in [1.807, 2.05) is 27.7 Å². The van der Waals surface area contributed by atoms with E-state index in [0.29, 0.717) is 6.54 Å². The highest BCUT2D eigenvalue weighted by molar-refractivity contribution is 8.13. The van der Waals surface area contributed by atoms with E-state index in [2.05, 4.69) is 4.72 Å². The smallest absolute Gasteiger partial charge is 0.211 e. The van der Waals surface area contributed by atoms with Crippen molar-refractivity contribution < 1.29 is 16.8 Å². The van der Waals surface area contributed by atoms with Gasteiger partial charge in [-0.1, -0.05) is 27.7 Å². The minimum Gasteiger partial charge on any atom is -0.211 e. The summed E-state index contributed by atoms with van der Waals surface area (Å²) in [4.78, 5) is -0.126. The lowest BCUT2D eigenvalue weighted by molar-refractivity contribution is 0.263. The molecule has 1 atom stereocenters. The minimum absolute atomic E-state index is 0.00711. The summed E-state index contributed by atoms with van der Waals surface area (Å²) in [7, 11) is -2.33. The predicted octanol–water partition coefficient (Wildman–Crippen LogP) is 2.57. The lowest BCUT2D eigenvalue weighted by Gasteiger charge is -2.27. The Morgan fingerprint density at radius 2 is 1.48 bits per heavy atom. The third-order valence-corrected chi connectivity index (χ3v) is 6.28. The van der Waals surface area contributed by atoms with Crippen LogP contribution in [-0.2, 0) is 19.1 Å². The van der Waals surface area contributed by atoms with Gasteiger partial charge in [-0.3, -0.25) is 0 Å². The van der Waals surface area contributed by atoms with Crippen LogP contribution in [0.5, 0.6) is 0 Å². The molecule has 0 saturated carbocycles. The monoisotopic (exact) mass is 353 g/mol. The summed E-state index contributed by atoms with van der Waals surface area (Å²) in [5.41, 5.74) is -0.0148. The van der Waals surface area contributed by atoms with Crippen LogP contribution in [0.3, 0.4) is 0 Å². The van der Waals surface area contributed by atoms with Crippen molar-refractivity contribution in [1.82, 2.24) is 4.72 Å². The van der Waals surface area contributed by atoms with E-state index >= 15 is 0 Å². The molecular formula is C13H20ClNO4S2. The second-order valence-corrected chi connectivity index (χ2v) is 10.4. The molecule has 5 nitrogen and oxygen atoms in total. The number of halogens is 1. The number of rotatable bonds is 5. The summed E-state index contributed by atoms with van der Waals surface area (Å²) in [5.74, 6) is 0.148. The van der Waals surface area contributed by atoms with E-state index in [1.165, 1.54) is 24.3 Å². The summed E-state index contributed by atoms with van der Waals surface area (Å²) in [6.07, 6.45) is 0. The summed E-state index contributed by atoms with van der Waals surface area (Å²) in [5, 5.41) is 0. The number of sulfonamides is 1. The molecule has 1 N–H and O–H groups in total. The standard InChI is InChI=1S/C13H20ClNO4S2/c1-10(13(2,3)4)9-15-21(18,19)12-7-5-11(6-8-12)20(14,16)17/h5-8,10,15H,9H2,1-4H3. The Morgan fingerprint density at radius 3 is 1.86 bits per heavy atom. The maximum Gasteiger partial charge on any atom is 0.261 e. The molecule has 0 aliphatic heterocycles. The van der Waals surface area contributed by atoms with Gasteiger partial charge >= 0.3 is 0 Å². The van der Waals surface area contributed by atoms with Crippen LogP contribution in [0, 0.1) is 11.3 Å². The van der Waals surface area contributed by atoms with Crippen molar-refractivity contribution in [1.29, 1.82) is 0 Å². The molecule has 0 saturated heterocycles. The van der Waals surface area contributed by atoms with Gasteiger partial charge in [0.2, 0.25) is 10.0 Å². The van der Waals surface area contributed by atoms with Crippen LogP contribution in [-0.4, -0.2) is 23.4 Å². The second-order valence-electron chi connectivity index (χ2n) is 6.03. The van der Waals surface area contributed by atoms with Gasteiger partial charge in [-0.15, -0.1) is 0 Å². The van der Waals surface area contributed by atoms with E-state index in [9.17, 15) is 16.8 Å². The van der Waals surface area contributed by atoms with Gasteiger partial charge in [0.15, 0.2) is 0 Å². The minimum atomic E-state index is -3.85.